The summed E-state index contributed by atoms with van der Waals surface area (Å²) in [5.74, 6) is -0.708. The molecule has 1 N–H and O–H groups in total. The maximum absolute atomic E-state index is 10.3. The fourth-order valence-corrected chi connectivity index (χ4v) is 2.22. The lowest BCUT2D eigenvalue weighted by Gasteiger charge is -2.03. The van der Waals surface area contributed by atoms with Gasteiger partial charge in [-0.25, -0.2) is 0 Å². The predicted molar refractivity (Wildman–Crippen MR) is 64.1 cm³/mol. The minimum Gasteiger partial charge on any atom is -0.481 e. The van der Waals surface area contributed by atoms with Crippen molar-refractivity contribution in [3.05, 3.63) is 33.8 Å². The largest absolute Gasteiger partial charge is 0.481 e. The summed E-state index contributed by atoms with van der Waals surface area (Å²) in [7, 11) is 0. The van der Waals surface area contributed by atoms with Gasteiger partial charge in [0.25, 0.3) is 0 Å². The molecule has 0 aliphatic carbocycles. The van der Waals surface area contributed by atoms with E-state index in [4.69, 9.17) is 5.11 Å². The first-order valence-electron chi connectivity index (χ1n) is 5.06. The number of aryl methyl sites for hydroxylation is 2. The van der Waals surface area contributed by atoms with Gasteiger partial charge in [-0.3, -0.25) is 4.79 Å². The molecule has 0 saturated heterocycles. The van der Waals surface area contributed by atoms with Crippen LogP contribution < -0.4 is 0 Å². The molecule has 3 heteroatoms. The highest BCUT2D eigenvalue weighted by atomic mass is 79.9. The van der Waals surface area contributed by atoms with E-state index in [1.54, 1.807) is 0 Å². The van der Waals surface area contributed by atoms with E-state index in [0.29, 0.717) is 0 Å². The van der Waals surface area contributed by atoms with Gasteiger partial charge in [-0.05, 0) is 49.4 Å². The minimum absolute atomic E-state index is 0.271. The van der Waals surface area contributed by atoms with Gasteiger partial charge in [-0.1, -0.05) is 22.0 Å². The fraction of sp³-hybridized carbons (Fsp3) is 0.417. The lowest BCUT2D eigenvalue weighted by atomic mass is 10.1. The van der Waals surface area contributed by atoms with Crippen LogP contribution in [-0.4, -0.2) is 11.1 Å². The molecule has 0 aliphatic rings. The molecule has 0 fully saturated rings. The molecule has 0 spiro atoms. The van der Waals surface area contributed by atoms with Gasteiger partial charge in [0.2, 0.25) is 0 Å². The molecular weight excluding hydrogens is 256 g/mol. The van der Waals surface area contributed by atoms with Crippen LogP contribution in [0.5, 0.6) is 0 Å². The van der Waals surface area contributed by atoms with Crippen LogP contribution >= 0.6 is 15.9 Å². The molecule has 0 radical (unpaired) electrons. The van der Waals surface area contributed by atoms with Crippen molar-refractivity contribution >= 4 is 21.9 Å². The average molecular weight is 271 g/mol. The van der Waals surface area contributed by atoms with E-state index in [1.165, 1.54) is 11.1 Å². The number of hydrogen-bond acceptors (Lipinski definition) is 1. The lowest BCUT2D eigenvalue weighted by Crippen LogP contribution is -1.95. The van der Waals surface area contributed by atoms with E-state index in [-0.39, 0.29) is 6.42 Å². The highest BCUT2D eigenvalue weighted by Gasteiger charge is 1.99. The first-order valence-corrected chi connectivity index (χ1v) is 5.85. The summed E-state index contributed by atoms with van der Waals surface area (Å²) in [6.07, 6.45) is 2.91. The van der Waals surface area contributed by atoms with Gasteiger partial charge in [0, 0.05) is 10.9 Å². The normalized spacial score (nSPS) is 10.3. The summed E-state index contributed by atoms with van der Waals surface area (Å²) >= 11 is 3.45. The zero-order chi connectivity index (χ0) is 11.3. The van der Waals surface area contributed by atoms with Crippen LogP contribution in [0.3, 0.4) is 0 Å². The number of rotatable bonds is 5. The Morgan fingerprint density at radius 1 is 1.33 bits per heavy atom. The van der Waals surface area contributed by atoms with E-state index in [0.717, 1.165) is 23.7 Å². The number of carbonyl (C=O) groups is 1. The van der Waals surface area contributed by atoms with E-state index in [2.05, 4.69) is 41.1 Å². The maximum atomic E-state index is 10.3. The van der Waals surface area contributed by atoms with Crippen LogP contribution in [0.2, 0.25) is 0 Å². The minimum atomic E-state index is -0.708. The molecule has 0 unspecified atom stereocenters. The Balaban J connectivity index is 2.40. The number of aliphatic carboxylic acids is 1. The molecule has 0 aliphatic heterocycles. The Morgan fingerprint density at radius 2 is 2.07 bits per heavy atom. The first kappa shape index (κ1) is 12.2. The topological polar surface area (TPSA) is 37.3 Å². The van der Waals surface area contributed by atoms with Crippen LogP contribution in [0.15, 0.2) is 22.7 Å². The third kappa shape index (κ3) is 4.98. The van der Waals surface area contributed by atoms with Crippen LogP contribution in [-0.2, 0) is 11.2 Å². The fourth-order valence-electron chi connectivity index (χ4n) is 1.56. The molecule has 1 aromatic carbocycles. The van der Waals surface area contributed by atoms with Crippen LogP contribution in [0.1, 0.15) is 30.4 Å². The van der Waals surface area contributed by atoms with E-state index in [1.807, 2.05) is 0 Å². The summed E-state index contributed by atoms with van der Waals surface area (Å²) in [6.45, 7) is 2.06. The smallest absolute Gasteiger partial charge is 0.303 e. The Kier molecular flexibility index (Phi) is 4.82. The number of benzene rings is 1. The zero-order valence-electron chi connectivity index (χ0n) is 8.79. The summed E-state index contributed by atoms with van der Waals surface area (Å²) in [6, 6.07) is 6.31. The van der Waals surface area contributed by atoms with Gasteiger partial charge >= 0.3 is 5.97 Å². The predicted octanol–water partition coefficient (Wildman–Crippen LogP) is 3.55. The van der Waals surface area contributed by atoms with Gasteiger partial charge in [0.15, 0.2) is 0 Å². The summed E-state index contributed by atoms with van der Waals surface area (Å²) in [5, 5.41) is 8.49. The van der Waals surface area contributed by atoms with Crippen LogP contribution in [0.25, 0.3) is 0 Å². The lowest BCUT2D eigenvalue weighted by molar-refractivity contribution is -0.137. The molecule has 82 valence electrons. The van der Waals surface area contributed by atoms with Gasteiger partial charge in [-0.2, -0.15) is 0 Å². The quantitative estimate of drug-likeness (QED) is 0.831. The van der Waals surface area contributed by atoms with Crippen molar-refractivity contribution in [2.75, 3.05) is 0 Å². The molecular formula is C12H15BrO2. The number of halogens is 1. The molecule has 0 bridgehead atoms. The second-order valence-electron chi connectivity index (χ2n) is 3.74. The number of carboxylic acids is 1. The molecule has 0 amide bonds. The Hall–Kier alpha value is -0.830. The van der Waals surface area contributed by atoms with E-state index < -0.39 is 5.97 Å². The van der Waals surface area contributed by atoms with Crippen molar-refractivity contribution in [1.82, 2.24) is 0 Å². The van der Waals surface area contributed by atoms with Gasteiger partial charge in [-0.15, -0.1) is 0 Å². The second-order valence-corrected chi connectivity index (χ2v) is 4.65. The van der Waals surface area contributed by atoms with Gasteiger partial charge in [0.1, 0.15) is 0 Å². The molecule has 1 rings (SSSR count). The van der Waals surface area contributed by atoms with Crippen molar-refractivity contribution < 1.29 is 9.90 Å². The van der Waals surface area contributed by atoms with Crippen molar-refractivity contribution in [1.29, 1.82) is 0 Å². The molecule has 1 aromatic rings. The summed E-state index contributed by atoms with van der Waals surface area (Å²) < 4.78 is 1.09. The van der Waals surface area contributed by atoms with Gasteiger partial charge in [0.05, 0.1) is 0 Å². The van der Waals surface area contributed by atoms with Crippen molar-refractivity contribution in [2.45, 2.75) is 32.6 Å². The number of hydrogen-bond donors (Lipinski definition) is 1. The second kappa shape index (κ2) is 5.91. The zero-order valence-corrected chi connectivity index (χ0v) is 10.4. The highest BCUT2D eigenvalue weighted by Crippen LogP contribution is 2.17. The molecule has 0 aromatic heterocycles. The monoisotopic (exact) mass is 270 g/mol. The van der Waals surface area contributed by atoms with E-state index >= 15 is 0 Å². The molecule has 2 nitrogen and oxygen atoms in total. The Bertz CT molecular complexity index is 327. The molecule has 0 saturated carbocycles. The molecule has 15 heavy (non-hydrogen) atoms. The van der Waals surface area contributed by atoms with Crippen molar-refractivity contribution in [3.63, 3.8) is 0 Å². The third-order valence-corrected chi connectivity index (χ3v) is 2.67. The Labute approximate surface area is 98.4 Å². The SMILES string of the molecule is Cc1cc(Br)cc(CCCCC(=O)O)c1. The standard InChI is InChI=1S/C12H15BrO2/c1-9-6-10(8-11(13)7-9)4-2-3-5-12(14)15/h6-8H,2-5H2,1H3,(H,14,15). The van der Waals surface area contributed by atoms with Crippen LogP contribution in [0, 0.1) is 6.92 Å². The molecule has 0 atom stereocenters. The number of unbranched alkanes of at least 4 members (excludes halogenated alkanes) is 1. The van der Waals surface area contributed by atoms with Gasteiger partial charge < -0.3 is 5.11 Å². The summed E-state index contributed by atoms with van der Waals surface area (Å²) in [4.78, 5) is 10.3. The molecule has 0 heterocycles. The van der Waals surface area contributed by atoms with Crippen LogP contribution in [0.4, 0.5) is 0 Å². The third-order valence-electron chi connectivity index (χ3n) is 2.21. The average Bonchev–Trinajstić information content (AvgIpc) is 2.10. The maximum Gasteiger partial charge on any atom is 0.303 e. The highest BCUT2D eigenvalue weighted by molar-refractivity contribution is 9.10. The van der Waals surface area contributed by atoms with E-state index in [9.17, 15) is 4.79 Å². The number of carboxylic acid groups (broad SMARTS) is 1. The Morgan fingerprint density at radius 3 is 2.67 bits per heavy atom. The van der Waals surface area contributed by atoms with Crippen molar-refractivity contribution in [3.8, 4) is 0 Å². The van der Waals surface area contributed by atoms with Crippen molar-refractivity contribution in [2.24, 2.45) is 0 Å². The first-order chi connectivity index (χ1) is 7.08. The summed E-state index contributed by atoms with van der Waals surface area (Å²) in [5.41, 5.74) is 2.50.